The zero-order valence-electron chi connectivity index (χ0n) is 10.4. The second-order valence-electron chi connectivity index (χ2n) is 5.02. The Balaban J connectivity index is 1.90. The fourth-order valence-electron chi connectivity index (χ4n) is 2.46. The van der Waals surface area contributed by atoms with Gasteiger partial charge >= 0.3 is 0 Å². The van der Waals surface area contributed by atoms with Crippen molar-refractivity contribution in [2.75, 3.05) is 13.6 Å². The number of halogens is 1. The van der Waals surface area contributed by atoms with E-state index in [9.17, 15) is 4.39 Å². The van der Waals surface area contributed by atoms with Crippen LogP contribution in [0.4, 0.5) is 4.39 Å². The van der Waals surface area contributed by atoms with E-state index in [0.29, 0.717) is 5.41 Å². The molecule has 1 aliphatic carbocycles. The Labute approximate surface area is 111 Å². The van der Waals surface area contributed by atoms with Crippen LogP contribution in [-0.4, -0.2) is 13.6 Å². The van der Waals surface area contributed by atoms with Gasteiger partial charge in [-0.25, -0.2) is 4.39 Å². The fourth-order valence-corrected chi connectivity index (χ4v) is 3.49. The summed E-state index contributed by atoms with van der Waals surface area (Å²) in [5.41, 5.74) is 2.73. The lowest BCUT2D eigenvalue weighted by Crippen LogP contribution is -2.22. The third-order valence-corrected chi connectivity index (χ3v) is 4.67. The van der Waals surface area contributed by atoms with Crippen molar-refractivity contribution in [2.24, 2.45) is 0 Å². The Kier molecular flexibility index (Phi) is 2.96. The van der Waals surface area contributed by atoms with Crippen LogP contribution in [0.25, 0.3) is 10.4 Å². The summed E-state index contributed by atoms with van der Waals surface area (Å²) in [4.78, 5) is 1.16. The van der Waals surface area contributed by atoms with E-state index in [-0.39, 0.29) is 5.82 Å². The number of likely N-dealkylation sites (N-methyl/N-ethyl adjacent to an activating group) is 1. The third-order valence-electron chi connectivity index (χ3n) is 3.69. The minimum Gasteiger partial charge on any atom is -0.319 e. The molecule has 1 aromatic heterocycles. The zero-order chi connectivity index (χ0) is 12.6. The van der Waals surface area contributed by atoms with Gasteiger partial charge in [-0.15, -0.1) is 11.3 Å². The average molecular weight is 261 g/mol. The van der Waals surface area contributed by atoms with E-state index in [1.807, 2.05) is 13.1 Å². The standard InChI is InChI=1S/C15H16FNS/c1-17-10-15(5-6-15)12-8-14(18-9-12)11-3-2-4-13(16)7-11/h2-4,7-9,17H,5-6,10H2,1H3. The van der Waals surface area contributed by atoms with Crippen molar-refractivity contribution in [1.82, 2.24) is 5.32 Å². The Morgan fingerprint density at radius 1 is 1.33 bits per heavy atom. The highest BCUT2D eigenvalue weighted by Crippen LogP contribution is 2.49. The summed E-state index contributed by atoms with van der Waals surface area (Å²) in [5.74, 6) is -0.168. The molecule has 2 aromatic rings. The van der Waals surface area contributed by atoms with Crippen LogP contribution in [0.3, 0.4) is 0 Å². The van der Waals surface area contributed by atoms with Gasteiger partial charge in [0.25, 0.3) is 0 Å². The van der Waals surface area contributed by atoms with Crippen molar-refractivity contribution in [1.29, 1.82) is 0 Å². The molecule has 1 N–H and O–H groups in total. The molecule has 0 spiro atoms. The predicted octanol–water partition coefficient (Wildman–Crippen LogP) is 3.81. The predicted molar refractivity (Wildman–Crippen MR) is 74.6 cm³/mol. The second-order valence-corrected chi connectivity index (χ2v) is 5.93. The highest BCUT2D eigenvalue weighted by molar-refractivity contribution is 7.13. The van der Waals surface area contributed by atoms with Crippen molar-refractivity contribution >= 4 is 11.3 Å². The molecule has 1 saturated carbocycles. The SMILES string of the molecule is CNCC1(c2csc(-c3cccc(F)c3)c2)CC1. The number of nitrogens with one attached hydrogen (secondary N) is 1. The minimum absolute atomic E-state index is 0.168. The van der Waals surface area contributed by atoms with E-state index in [1.54, 1.807) is 23.5 Å². The molecule has 94 valence electrons. The van der Waals surface area contributed by atoms with E-state index in [2.05, 4.69) is 16.8 Å². The van der Waals surface area contributed by atoms with E-state index < -0.39 is 0 Å². The summed E-state index contributed by atoms with van der Waals surface area (Å²) < 4.78 is 13.2. The normalized spacial score (nSPS) is 16.8. The van der Waals surface area contributed by atoms with Gasteiger partial charge in [0, 0.05) is 16.8 Å². The van der Waals surface area contributed by atoms with Crippen molar-refractivity contribution in [3.05, 3.63) is 47.1 Å². The Hall–Kier alpha value is -1.19. The maximum absolute atomic E-state index is 13.2. The molecular formula is C15H16FNS. The van der Waals surface area contributed by atoms with Crippen LogP contribution in [0, 0.1) is 5.82 Å². The first kappa shape index (κ1) is 11.9. The first-order valence-electron chi connectivity index (χ1n) is 6.23. The smallest absolute Gasteiger partial charge is 0.123 e. The molecule has 3 rings (SSSR count). The quantitative estimate of drug-likeness (QED) is 0.882. The number of benzene rings is 1. The van der Waals surface area contributed by atoms with Gasteiger partial charge in [0.2, 0.25) is 0 Å². The largest absolute Gasteiger partial charge is 0.319 e. The van der Waals surface area contributed by atoms with E-state index in [4.69, 9.17) is 0 Å². The van der Waals surface area contributed by atoms with Gasteiger partial charge in [-0.2, -0.15) is 0 Å². The van der Waals surface area contributed by atoms with Gasteiger partial charge < -0.3 is 5.32 Å². The fraction of sp³-hybridized carbons (Fsp3) is 0.333. The molecule has 0 amide bonds. The third kappa shape index (κ3) is 2.08. The first-order valence-corrected chi connectivity index (χ1v) is 7.11. The summed E-state index contributed by atoms with van der Waals surface area (Å²) >= 11 is 1.71. The number of hydrogen-bond donors (Lipinski definition) is 1. The highest BCUT2D eigenvalue weighted by atomic mass is 32.1. The van der Waals surface area contributed by atoms with Crippen LogP contribution in [0.15, 0.2) is 35.7 Å². The van der Waals surface area contributed by atoms with Crippen LogP contribution in [0.2, 0.25) is 0 Å². The zero-order valence-corrected chi connectivity index (χ0v) is 11.2. The van der Waals surface area contributed by atoms with Gasteiger partial charge in [-0.3, -0.25) is 0 Å². The molecule has 1 aromatic carbocycles. The Morgan fingerprint density at radius 3 is 2.83 bits per heavy atom. The lowest BCUT2D eigenvalue weighted by Gasteiger charge is -2.12. The summed E-state index contributed by atoms with van der Waals surface area (Å²) in [6.07, 6.45) is 2.51. The summed E-state index contributed by atoms with van der Waals surface area (Å²) in [6.45, 7) is 1.03. The lowest BCUT2D eigenvalue weighted by atomic mass is 9.98. The molecule has 3 heteroatoms. The van der Waals surface area contributed by atoms with Gasteiger partial charge in [-0.05, 0) is 54.6 Å². The second kappa shape index (κ2) is 4.48. The van der Waals surface area contributed by atoms with Crippen LogP contribution < -0.4 is 5.32 Å². The summed E-state index contributed by atoms with van der Waals surface area (Å²) in [5, 5.41) is 5.50. The molecule has 0 saturated heterocycles. The Morgan fingerprint density at radius 2 is 2.17 bits per heavy atom. The maximum atomic E-state index is 13.2. The topological polar surface area (TPSA) is 12.0 Å². The van der Waals surface area contributed by atoms with Crippen molar-refractivity contribution in [3.63, 3.8) is 0 Å². The molecule has 0 atom stereocenters. The molecule has 0 aliphatic heterocycles. The molecular weight excluding hydrogens is 245 g/mol. The van der Waals surface area contributed by atoms with Gasteiger partial charge in [0.15, 0.2) is 0 Å². The van der Waals surface area contributed by atoms with Crippen LogP contribution >= 0.6 is 11.3 Å². The first-order chi connectivity index (χ1) is 8.73. The van der Waals surface area contributed by atoms with Gasteiger partial charge in [0.1, 0.15) is 5.82 Å². The monoisotopic (exact) mass is 261 g/mol. The number of thiophene rings is 1. The molecule has 0 radical (unpaired) electrons. The van der Waals surface area contributed by atoms with Gasteiger partial charge in [0.05, 0.1) is 0 Å². The Bertz CT molecular complexity index is 557. The summed E-state index contributed by atoms with van der Waals surface area (Å²) in [7, 11) is 2.00. The molecule has 1 aliphatic rings. The molecule has 0 unspecified atom stereocenters. The minimum atomic E-state index is -0.168. The molecule has 1 heterocycles. The van der Waals surface area contributed by atoms with Crippen LogP contribution in [0.5, 0.6) is 0 Å². The van der Waals surface area contributed by atoms with Crippen molar-refractivity contribution in [3.8, 4) is 10.4 Å². The van der Waals surface area contributed by atoms with E-state index in [0.717, 1.165) is 17.0 Å². The van der Waals surface area contributed by atoms with E-state index in [1.165, 1.54) is 24.5 Å². The van der Waals surface area contributed by atoms with Crippen LogP contribution in [-0.2, 0) is 5.41 Å². The van der Waals surface area contributed by atoms with Crippen molar-refractivity contribution in [2.45, 2.75) is 18.3 Å². The van der Waals surface area contributed by atoms with Crippen molar-refractivity contribution < 1.29 is 4.39 Å². The highest BCUT2D eigenvalue weighted by Gasteiger charge is 2.44. The molecule has 18 heavy (non-hydrogen) atoms. The number of hydrogen-bond acceptors (Lipinski definition) is 2. The lowest BCUT2D eigenvalue weighted by molar-refractivity contribution is 0.626. The molecule has 1 fully saturated rings. The summed E-state index contributed by atoms with van der Waals surface area (Å²) in [6, 6.07) is 9.05. The van der Waals surface area contributed by atoms with Gasteiger partial charge in [-0.1, -0.05) is 12.1 Å². The molecule has 0 bridgehead atoms. The number of rotatable bonds is 4. The van der Waals surface area contributed by atoms with E-state index >= 15 is 0 Å². The van der Waals surface area contributed by atoms with Crippen LogP contribution in [0.1, 0.15) is 18.4 Å². The molecule has 1 nitrogen and oxygen atoms in total. The maximum Gasteiger partial charge on any atom is 0.123 e. The average Bonchev–Trinajstić information content (AvgIpc) is 2.97.